The van der Waals surface area contributed by atoms with Gasteiger partial charge in [0.25, 0.3) is 0 Å². The van der Waals surface area contributed by atoms with E-state index in [1.807, 2.05) is 14.1 Å². The molecular weight excluding hydrogens is 66.0 g/mol. The van der Waals surface area contributed by atoms with Crippen LogP contribution >= 0.6 is 0 Å². The third kappa shape index (κ3) is 3.88. The average Bonchev–Trinajstić information content (AvgIpc) is 1.38. The molecule has 0 bridgehead atoms. The zero-order chi connectivity index (χ0) is 4.28. The predicted octanol–water partition coefficient (Wildman–Crippen LogP) is -1.07. The summed E-state index contributed by atoms with van der Waals surface area (Å²) in [5.74, 6) is 4.85. The van der Waals surface area contributed by atoms with Crippen LogP contribution in [0.25, 0.3) is 0 Å². The first-order valence-corrected chi connectivity index (χ1v) is 1.41. The molecule has 5 heavy (non-hydrogen) atoms. The van der Waals surface area contributed by atoms with Crippen molar-refractivity contribution in [1.29, 1.82) is 0 Å². The van der Waals surface area contributed by atoms with Crippen LogP contribution in [0.3, 0.4) is 0 Å². The standard InChI is InChI=1S/C2H9N3/c1-5(2)4-3/h4H,3H2,1-2H3. The fourth-order valence-electron chi connectivity index (χ4n) is 0. The van der Waals surface area contributed by atoms with Crippen LogP contribution in [0.2, 0.25) is 0 Å². The Hall–Kier alpha value is -0.120. The number of hydrogen-bond acceptors (Lipinski definition) is 3. The van der Waals surface area contributed by atoms with Crippen LogP contribution in [0, 0.1) is 0 Å². The summed E-state index contributed by atoms with van der Waals surface area (Å²) >= 11 is 0. The molecule has 0 radical (unpaired) electrons. The summed E-state index contributed by atoms with van der Waals surface area (Å²) in [4.78, 5) is 0. The van der Waals surface area contributed by atoms with Crippen molar-refractivity contribution in [2.45, 2.75) is 0 Å². The van der Waals surface area contributed by atoms with Crippen molar-refractivity contribution in [3.8, 4) is 0 Å². The number of hydrogen-bond donors (Lipinski definition) is 2. The molecule has 0 aliphatic carbocycles. The van der Waals surface area contributed by atoms with Gasteiger partial charge in [-0.1, -0.05) is 0 Å². The smallest absolute Gasteiger partial charge is 0.00261 e. The zero-order valence-electron chi connectivity index (χ0n) is 3.52. The van der Waals surface area contributed by atoms with E-state index in [0.29, 0.717) is 0 Å². The van der Waals surface area contributed by atoms with E-state index >= 15 is 0 Å². The lowest BCUT2D eigenvalue weighted by atomic mass is 11.2. The molecule has 32 valence electrons. The van der Waals surface area contributed by atoms with Crippen molar-refractivity contribution < 1.29 is 0 Å². The van der Waals surface area contributed by atoms with Crippen molar-refractivity contribution in [2.75, 3.05) is 14.1 Å². The first-order valence-electron chi connectivity index (χ1n) is 1.41. The molecule has 0 aromatic heterocycles. The third-order valence-corrected chi connectivity index (χ3v) is 0.258. The lowest BCUT2D eigenvalue weighted by Crippen LogP contribution is -2.36. The molecule has 0 aromatic carbocycles. The molecule has 0 unspecified atom stereocenters. The maximum Gasteiger partial charge on any atom is 0.00261 e. The minimum Gasteiger partial charge on any atom is -0.258 e. The number of hydrazine groups is 2. The van der Waals surface area contributed by atoms with Crippen LogP contribution in [-0.4, -0.2) is 19.1 Å². The van der Waals surface area contributed by atoms with E-state index in [9.17, 15) is 0 Å². The summed E-state index contributed by atoms with van der Waals surface area (Å²) in [6, 6.07) is 0. The molecule has 0 aromatic rings. The molecule has 0 fully saturated rings. The number of rotatable bonds is 1. The summed E-state index contributed by atoms with van der Waals surface area (Å²) in [5, 5.41) is 1.65. The number of nitrogens with one attached hydrogen (secondary N) is 1. The van der Waals surface area contributed by atoms with Gasteiger partial charge in [-0.2, -0.15) is 5.53 Å². The Labute approximate surface area is 31.7 Å². The molecule has 0 spiro atoms. The Kier molecular flexibility index (Phi) is 2.09. The Balaban J connectivity index is 2.54. The highest BCUT2D eigenvalue weighted by Crippen LogP contribution is 1.46. The van der Waals surface area contributed by atoms with Gasteiger partial charge in [-0.25, -0.2) is 5.01 Å². The molecule has 0 atom stereocenters. The Morgan fingerprint density at radius 2 is 1.80 bits per heavy atom. The highest BCUT2D eigenvalue weighted by molar-refractivity contribution is 4.08. The van der Waals surface area contributed by atoms with Crippen molar-refractivity contribution in [1.82, 2.24) is 10.5 Å². The molecule has 0 aliphatic rings. The van der Waals surface area contributed by atoms with E-state index < -0.39 is 0 Å². The SMILES string of the molecule is CN(C)NN. The predicted molar refractivity (Wildman–Crippen MR) is 21.0 cm³/mol. The fourth-order valence-corrected chi connectivity index (χ4v) is 0. The summed E-state index contributed by atoms with van der Waals surface area (Å²) in [6.07, 6.45) is 0. The molecule has 0 aliphatic heterocycles. The quantitative estimate of drug-likeness (QED) is 0.308. The minimum absolute atomic E-state index is 1.65. The topological polar surface area (TPSA) is 41.3 Å². The second-order valence-electron chi connectivity index (χ2n) is 1.02. The van der Waals surface area contributed by atoms with E-state index in [-0.39, 0.29) is 0 Å². The van der Waals surface area contributed by atoms with Gasteiger partial charge >= 0.3 is 0 Å². The van der Waals surface area contributed by atoms with Gasteiger partial charge in [0, 0.05) is 14.1 Å². The largest absolute Gasteiger partial charge is 0.258 e. The lowest BCUT2D eigenvalue weighted by Gasteiger charge is -2.02. The van der Waals surface area contributed by atoms with Gasteiger partial charge in [-0.3, -0.25) is 5.84 Å². The monoisotopic (exact) mass is 75.1 g/mol. The highest BCUT2D eigenvalue weighted by Gasteiger charge is 1.69. The van der Waals surface area contributed by atoms with E-state index in [1.165, 1.54) is 0 Å². The van der Waals surface area contributed by atoms with Crippen molar-refractivity contribution >= 4 is 0 Å². The molecular formula is C2H9N3. The van der Waals surface area contributed by atoms with Crippen molar-refractivity contribution in [3.63, 3.8) is 0 Å². The third-order valence-electron chi connectivity index (χ3n) is 0.258. The van der Waals surface area contributed by atoms with Crippen molar-refractivity contribution in [2.24, 2.45) is 5.84 Å². The Morgan fingerprint density at radius 1 is 1.60 bits per heavy atom. The molecule has 0 heterocycles. The van der Waals surface area contributed by atoms with Gasteiger partial charge in [-0.15, -0.1) is 0 Å². The van der Waals surface area contributed by atoms with Gasteiger partial charge in [0.15, 0.2) is 0 Å². The highest BCUT2D eigenvalue weighted by atomic mass is 15.6. The Morgan fingerprint density at radius 3 is 1.80 bits per heavy atom. The van der Waals surface area contributed by atoms with E-state index in [4.69, 9.17) is 5.84 Å². The first kappa shape index (κ1) is 4.88. The van der Waals surface area contributed by atoms with Gasteiger partial charge in [-0.05, 0) is 0 Å². The van der Waals surface area contributed by atoms with Crippen LogP contribution in [0.5, 0.6) is 0 Å². The van der Waals surface area contributed by atoms with Gasteiger partial charge in [0.2, 0.25) is 0 Å². The molecule has 0 amide bonds. The molecule has 3 nitrogen and oxygen atoms in total. The summed E-state index contributed by atoms with van der Waals surface area (Å²) < 4.78 is 0. The first-order chi connectivity index (χ1) is 2.27. The second kappa shape index (κ2) is 2.14. The van der Waals surface area contributed by atoms with Crippen LogP contribution in [0.15, 0.2) is 0 Å². The van der Waals surface area contributed by atoms with E-state index in [1.54, 1.807) is 5.01 Å². The lowest BCUT2D eigenvalue weighted by molar-refractivity contribution is 0.296. The van der Waals surface area contributed by atoms with Crippen LogP contribution < -0.4 is 11.4 Å². The molecule has 0 saturated carbocycles. The molecule has 0 saturated heterocycles. The Bertz CT molecular complexity index is 18.9. The molecule has 3 N–H and O–H groups in total. The maximum absolute atomic E-state index is 4.85. The summed E-state index contributed by atoms with van der Waals surface area (Å²) in [7, 11) is 3.64. The van der Waals surface area contributed by atoms with Crippen molar-refractivity contribution in [3.05, 3.63) is 0 Å². The number of nitrogens with zero attached hydrogens (tertiary/aromatic N) is 1. The zero-order valence-corrected chi connectivity index (χ0v) is 3.52. The average molecular weight is 75.1 g/mol. The van der Waals surface area contributed by atoms with Crippen LogP contribution in [0.1, 0.15) is 0 Å². The maximum atomic E-state index is 4.85. The number of nitrogens with two attached hydrogens (primary N) is 1. The second-order valence-corrected chi connectivity index (χ2v) is 1.02. The normalized spacial score (nSPS) is 9.60. The fraction of sp³-hybridized carbons (Fsp3) is 1.00. The molecule has 3 heteroatoms. The van der Waals surface area contributed by atoms with Gasteiger partial charge < -0.3 is 0 Å². The molecule has 0 rings (SSSR count). The van der Waals surface area contributed by atoms with E-state index in [2.05, 4.69) is 5.53 Å². The van der Waals surface area contributed by atoms with E-state index in [0.717, 1.165) is 0 Å². The minimum atomic E-state index is 1.65. The summed E-state index contributed by atoms with van der Waals surface area (Å²) in [6.45, 7) is 0. The van der Waals surface area contributed by atoms with Crippen LogP contribution in [0.4, 0.5) is 0 Å². The van der Waals surface area contributed by atoms with Crippen LogP contribution in [-0.2, 0) is 0 Å². The summed E-state index contributed by atoms with van der Waals surface area (Å²) in [5.41, 5.74) is 2.36. The van der Waals surface area contributed by atoms with Gasteiger partial charge in [0.1, 0.15) is 0 Å². The van der Waals surface area contributed by atoms with Gasteiger partial charge in [0.05, 0.1) is 0 Å².